The highest BCUT2D eigenvalue weighted by Crippen LogP contribution is 2.33. The number of rotatable bonds is 7. The minimum absolute atomic E-state index is 0.0404. The molecule has 0 unspecified atom stereocenters. The van der Waals surface area contributed by atoms with Crippen LogP contribution in [0.5, 0.6) is 11.5 Å². The summed E-state index contributed by atoms with van der Waals surface area (Å²) in [6.45, 7) is 3.69. The molecule has 40 heavy (non-hydrogen) atoms. The van der Waals surface area contributed by atoms with Gasteiger partial charge < -0.3 is 14.8 Å². The molecule has 8 nitrogen and oxygen atoms in total. The highest BCUT2D eigenvalue weighted by atomic mass is 32.1. The summed E-state index contributed by atoms with van der Waals surface area (Å²) in [5, 5.41) is 11.7. The van der Waals surface area contributed by atoms with Crippen molar-refractivity contribution in [3.05, 3.63) is 120 Å². The number of nitriles is 1. The maximum atomic E-state index is 13.9. The lowest BCUT2D eigenvalue weighted by atomic mass is 9.94. The number of aromatic nitrogens is 1. The molecule has 0 spiro atoms. The summed E-state index contributed by atoms with van der Waals surface area (Å²) in [7, 11) is 1.60. The van der Waals surface area contributed by atoms with Gasteiger partial charge in [-0.25, -0.2) is 4.99 Å². The Balaban J connectivity index is 1.63. The number of allylic oxidation sites excluding steroid dienone is 1. The van der Waals surface area contributed by atoms with Gasteiger partial charge in [-0.3, -0.25) is 14.2 Å². The van der Waals surface area contributed by atoms with Gasteiger partial charge >= 0.3 is 0 Å². The molecule has 2 heterocycles. The van der Waals surface area contributed by atoms with Crippen molar-refractivity contribution in [2.24, 2.45) is 4.99 Å². The third-order valence-corrected chi connectivity index (χ3v) is 7.51. The summed E-state index contributed by atoms with van der Waals surface area (Å²) >= 11 is 1.26. The van der Waals surface area contributed by atoms with E-state index in [0.717, 1.165) is 16.7 Å². The Bertz CT molecular complexity index is 1830. The van der Waals surface area contributed by atoms with Crippen molar-refractivity contribution in [2.75, 3.05) is 19.0 Å². The fourth-order valence-electron chi connectivity index (χ4n) is 4.58. The van der Waals surface area contributed by atoms with Gasteiger partial charge in [0, 0.05) is 5.69 Å². The van der Waals surface area contributed by atoms with Crippen LogP contribution in [-0.4, -0.2) is 24.2 Å². The first-order valence-electron chi connectivity index (χ1n) is 12.5. The first kappa shape index (κ1) is 26.7. The molecule has 1 aromatic heterocycles. The number of fused-ring (bicyclic) bond motifs is 1. The number of benzene rings is 3. The zero-order valence-corrected chi connectivity index (χ0v) is 23.0. The minimum Gasteiger partial charge on any atom is -0.496 e. The summed E-state index contributed by atoms with van der Waals surface area (Å²) in [6, 6.07) is 23.2. The molecule has 0 aliphatic carbocycles. The molecule has 5 rings (SSSR count). The van der Waals surface area contributed by atoms with Crippen LogP contribution in [0.25, 0.3) is 6.08 Å². The fourth-order valence-corrected chi connectivity index (χ4v) is 5.63. The second-order valence-corrected chi connectivity index (χ2v) is 10.2. The van der Waals surface area contributed by atoms with Crippen LogP contribution in [0, 0.1) is 18.3 Å². The predicted molar refractivity (Wildman–Crippen MR) is 154 cm³/mol. The zero-order chi connectivity index (χ0) is 28.2. The van der Waals surface area contributed by atoms with Crippen LogP contribution in [0.3, 0.4) is 0 Å². The van der Waals surface area contributed by atoms with Gasteiger partial charge in [0.25, 0.3) is 11.5 Å². The van der Waals surface area contributed by atoms with E-state index in [-0.39, 0.29) is 18.1 Å². The molecule has 9 heteroatoms. The highest BCUT2D eigenvalue weighted by molar-refractivity contribution is 7.07. The molecular weight excluding hydrogens is 524 g/mol. The number of nitrogens with one attached hydrogen (secondary N) is 1. The normalized spacial score (nSPS) is 14.7. The van der Waals surface area contributed by atoms with E-state index in [1.807, 2.05) is 73.7 Å². The molecule has 1 aliphatic rings. The van der Waals surface area contributed by atoms with E-state index in [2.05, 4.69) is 5.32 Å². The first-order valence-corrected chi connectivity index (χ1v) is 13.3. The van der Waals surface area contributed by atoms with E-state index in [9.17, 15) is 9.59 Å². The Morgan fingerprint density at radius 3 is 2.58 bits per heavy atom. The van der Waals surface area contributed by atoms with E-state index in [0.29, 0.717) is 37.8 Å². The van der Waals surface area contributed by atoms with Gasteiger partial charge in [-0.15, -0.1) is 0 Å². The molecular formula is C31H26N4O4S. The average molecular weight is 551 g/mol. The van der Waals surface area contributed by atoms with Gasteiger partial charge in [0.1, 0.15) is 17.6 Å². The number of amides is 1. The van der Waals surface area contributed by atoms with E-state index in [4.69, 9.17) is 19.7 Å². The molecule has 0 saturated carbocycles. The van der Waals surface area contributed by atoms with Crippen LogP contribution >= 0.6 is 11.3 Å². The molecule has 0 fully saturated rings. The van der Waals surface area contributed by atoms with Crippen molar-refractivity contribution in [1.82, 2.24) is 4.57 Å². The number of ether oxygens (including phenoxy) is 2. The topological polar surface area (TPSA) is 106 Å². The van der Waals surface area contributed by atoms with Crippen molar-refractivity contribution in [1.29, 1.82) is 5.26 Å². The van der Waals surface area contributed by atoms with E-state index >= 15 is 0 Å². The van der Waals surface area contributed by atoms with E-state index < -0.39 is 6.04 Å². The van der Waals surface area contributed by atoms with Gasteiger partial charge in [-0.1, -0.05) is 53.8 Å². The summed E-state index contributed by atoms with van der Waals surface area (Å²) in [5.74, 6) is 0.896. The van der Waals surface area contributed by atoms with Crippen LogP contribution < -0.4 is 29.7 Å². The zero-order valence-electron chi connectivity index (χ0n) is 22.2. The monoisotopic (exact) mass is 550 g/mol. The number of thiazole rings is 1. The van der Waals surface area contributed by atoms with Crippen LogP contribution in [0.1, 0.15) is 29.7 Å². The largest absolute Gasteiger partial charge is 0.496 e. The summed E-state index contributed by atoms with van der Waals surface area (Å²) < 4.78 is 13.0. The Kier molecular flexibility index (Phi) is 7.62. The number of carbonyl (C=O) groups is 1. The lowest BCUT2D eigenvalue weighted by molar-refractivity contribution is -0.113. The quantitative estimate of drug-likeness (QED) is 0.373. The van der Waals surface area contributed by atoms with Gasteiger partial charge in [0.15, 0.2) is 11.4 Å². The predicted octanol–water partition coefficient (Wildman–Crippen LogP) is 4.09. The molecule has 1 aliphatic heterocycles. The molecule has 1 atom stereocenters. The average Bonchev–Trinajstić information content (AvgIpc) is 3.26. The fraction of sp³-hybridized carbons (Fsp3) is 0.161. The Labute approximate surface area is 234 Å². The third kappa shape index (κ3) is 5.30. The molecule has 200 valence electrons. The summed E-state index contributed by atoms with van der Waals surface area (Å²) in [4.78, 5) is 32.8. The molecule has 0 saturated heterocycles. The van der Waals surface area contributed by atoms with Crippen molar-refractivity contribution >= 4 is 29.0 Å². The standard InChI is InChI=1S/C31H26N4O4S/c1-19-9-12-22(18-25(19)38-3)28-27(29(36)34-23-7-5-4-6-8-23)20(2)33-31-35(28)30(37)26(40-31)17-21-10-13-24(14-11-21)39-16-15-32/h4-14,17-18,28H,16H2,1-3H3,(H,34,36)/b26-17-/t28-/m0/s1. The number of hydrogen-bond acceptors (Lipinski definition) is 7. The van der Waals surface area contributed by atoms with Crippen LogP contribution in [0.2, 0.25) is 0 Å². The second kappa shape index (κ2) is 11.4. The molecule has 1 N–H and O–H groups in total. The second-order valence-electron chi connectivity index (χ2n) is 9.15. The number of anilines is 1. The van der Waals surface area contributed by atoms with Crippen LogP contribution in [-0.2, 0) is 4.79 Å². The Morgan fingerprint density at radius 1 is 1.12 bits per heavy atom. The first-order chi connectivity index (χ1) is 19.4. The van der Waals surface area contributed by atoms with Crippen LogP contribution in [0.15, 0.2) is 93.9 Å². The number of para-hydroxylation sites is 1. The molecule has 4 aromatic rings. The SMILES string of the molecule is COc1cc([C@H]2C(C(=O)Nc3ccccc3)=C(C)N=c3s/c(=C\c4ccc(OCC#N)cc4)c(=O)n32)ccc1C. The Morgan fingerprint density at radius 2 is 1.88 bits per heavy atom. The summed E-state index contributed by atoms with van der Waals surface area (Å²) in [5.41, 5.74) is 3.78. The van der Waals surface area contributed by atoms with E-state index in [1.54, 1.807) is 36.8 Å². The Hall–Kier alpha value is -4.94. The summed E-state index contributed by atoms with van der Waals surface area (Å²) in [6.07, 6.45) is 1.79. The van der Waals surface area contributed by atoms with Gasteiger partial charge in [0.05, 0.1) is 29.0 Å². The third-order valence-electron chi connectivity index (χ3n) is 6.53. The molecule has 1 amide bonds. The number of methoxy groups -OCH3 is 1. The number of aryl methyl sites for hydroxylation is 1. The molecule has 0 radical (unpaired) electrons. The lowest BCUT2D eigenvalue weighted by Gasteiger charge is -2.26. The van der Waals surface area contributed by atoms with Crippen molar-refractivity contribution < 1.29 is 14.3 Å². The van der Waals surface area contributed by atoms with Gasteiger partial charge in [0.2, 0.25) is 0 Å². The van der Waals surface area contributed by atoms with Crippen LogP contribution in [0.4, 0.5) is 5.69 Å². The lowest BCUT2D eigenvalue weighted by Crippen LogP contribution is -2.40. The molecule has 3 aromatic carbocycles. The smallest absolute Gasteiger partial charge is 0.271 e. The van der Waals surface area contributed by atoms with Crippen molar-refractivity contribution in [2.45, 2.75) is 19.9 Å². The maximum Gasteiger partial charge on any atom is 0.271 e. The molecule has 0 bridgehead atoms. The number of hydrogen-bond donors (Lipinski definition) is 1. The van der Waals surface area contributed by atoms with E-state index in [1.165, 1.54) is 11.3 Å². The minimum atomic E-state index is -0.710. The van der Waals surface area contributed by atoms with Gasteiger partial charge in [-0.05, 0) is 66.9 Å². The van der Waals surface area contributed by atoms with Crippen molar-refractivity contribution in [3.8, 4) is 17.6 Å². The highest BCUT2D eigenvalue weighted by Gasteiger charge is 2.33. The number of carbonyl (C=O) groups excluding carboxylic acids is 1. The number of nitrogens with zero attached hydrogens (tertiary/aromatic N) is 3. The van der Waals surface area contributed by atoms with Crippen molar-refractivity contribution in [3.63, 3.8) is 0 Å². The maximum absolute atomic E-state index is 13.9. The van der Waals surface area contributed by atoms with Gasteiger partial charge in [-0.2, -0.15) is 5.26 Å².